The minimum Gasteiger partial charge on any atom is -0.477 e. The van der Waals surface area contributed by atoms with Gasteiger partial charge in [-0.3, -0.25) is 9.78 Å². The zero-order chi connectivity index (χ0) is 19.4. The number of carbonyl (C=O) groups excluding carboxylic acids is 1. The fourth-order valence-corrected chi connectivity index (χ4v) is 4.41. The largest absolute Gasteiger partial charge is 0.477 e. The van der Waals surface area contributed by atoms with E-state index in [0.29, 0.717) is 25.4 Å². The highest BCUT2D eigenvalue weighted by Crippen LogP contribution is 2.29. The number of pyridine rings is 1. The molecule has 1 aromatic heterocycles. The maximum atomic E-state index is 13.2. The van der Waals surface area contributed by atoms with Gasteiger partial charge in [0.15, 0.2) is 5.60 Å². The molecule has 1 atom stereocenters. The van der Waals surface area contributed by atoms with Gasteiger partial charge in [-0.25, -0.2) is 0 Å². The van der Waals surface area contributed by atoms with Crippen LogP contribution in [0, 0.1) is 0 Å². The molecule has 28 heavy (non-hydrogen) atoms. The van der Waals surface area contributed by atoms with Gasteiger partial charge in [0.1, 0.15) is 5.75 Å². The van der Waals surface area contributed by atoms with Crippen LogP contribution in [0.4, 0.5) is 0 Å². The SMILES string of the molecule is CN1CCCC1CCNC(=O)C1(Oc2ccc3ncccc3c2)CCNCC1. The minimum absolute atomic E-state index is 0.0148. The number of likely N-dealkylation sites (tertiary alicyclic amines) is 1. The molecule has 1 amide bonds. The third-order valence-corrected chi connectivity index (χ3v) is 6.15. The van der Waals surface area contributed by atoms with Crippen LogP contribution in [0.2, 0.25) is 0 Å². The Labute approximate surface area is 166 Å². The molecular formula is C22H30N4O2. The van der Waals surface area contributed by atoms with Gasteiger partial charge in [0.25, 0.3) is 5.91 Å². The summed E-state index contributed by atoms with van der Waals surface area (Å²) in [7, 11) is 2.17. The van der Waals surface area contributed by atoms with Crippen molar-refractivity contribution in [3.8, 4) is 5.75 Å². The van der Waals surface area contributed by atoms with Crippen LogP contribution in [0.3, 0.4) is 0 Å². The van der Waals surface area contributed by atoms with Gasteiger partial charge in [-0.15, -0.1) is 0 Å². The monoisotopic (exact) mass is 382 g/mol. The average Bonchev–Trinajstić information content (AvgIpc) is 3.13. The lowest BCUT2D eigenvalue weighted by molar-refractivity contribution is -0.139. The number of hydrogen-bond acceptors (Lipinski definition) is 5. The molecule has 1 aromatic carbocycles. The third kappa shape index (κ3) is 4.13. The van der Waals surface area contributed by atoms with Crippen LogP contribution < -0.4 is 15.4 Å². The predicted octanol–water partition coefficient (Wildman–Crippen LogP) is 2.34. The summed E-state index contributed by atoms with van der Waals surface area (Å²) >= 11 is 0. The average molecular weight is 383 g/mol. The van der Waals surface area contributed by atoms with E-state index >= 15 is 0 Å². The Morgan fingerprint density at radius 2 is 2.21 bits per heavy atom. The van der Waals surface area contributed by atoms with Crippen LogP contribution in [-0.4, -0.2) is 60.7 Å². The summed E-state index contributed by atoms with van der Waals surface area (Å²) in [6.45, 7) is 3.43. The number of benzene rings is 1. The smallest absolute Gasteiger partial charge is 0.264 e. The van der Waals surface area contributed by atoms with Crippen molar-refractivity contribution < 1.29 is 9.53 Å². The molecule has 6 nitrogen and oxygen atoms in total. The molecule has 2 fully saturated rings. The van der Waals surface area contributed by atoms with Crippen molar-refractivity contribution in [2.45, 2.75) is 43.7 Å². The Morgan fingerprint density at radius 3 is 3.00 bits per heavy atom. The molecule has 4 rings (SSSR count). The number of hydrogen-bond donors (Lipinski definition) is 2. The standard InChI is InChI=1S/C22H30N4O2/c1-26-15-3-5-18(26)8-12-25-21(27)22(9-13-23-14-10-22)28-19-6-7-20-17(16-19)4-2-11-24-20/h2,4,6-7,11,16,18,23H,3,5,8-10,12-15H2,1H3,(H,25,27). The zero-order valence-electron chi connectivity index (χ0n) is 16.6. The van der Waals surface area contributed by atoms with Gasteiger partial charge in [-0.1, -0.05) is 6.07 Å². The molecule has 2 aliphatic rings. The lowest BCUT2D eigenvalue weighted by atomic mass is 9.90. The number of aromatic nitrogens is 1. The highest BCUT2D eigenvalue weighted by molar-refractivity contribution is 5.86. The number of ether oxygens (including phenoxy) is 1. The number of amides is 1. The van der Waals surface area contributed by atoms with Crippen molar-refractivity contribution in [1.82, 2.24) is 20.5 Å². The first-order valence-corrected chi connectivity index (χ1v) is 10.4. The number of carbonyl (C=O) groups is 1. The summed E-state index contributed by atoms with van der Waals surface area (Å²) in [5.74, 6) is 0.744. The summed E-state index contributed by atoms with van der Waals surface area (Å²) in [4.78, 5) is 19.9. The van der Waals surface area contributed by atoms with Gasteiger partial charge in [0.05, 0.1) is 5.52 Å². The predicted molar refractivity (Wildman–Crippen MR) is 110 cm³/mol. The number of piperidine rings is 1. The lowest BCUT2D eigenvalue weighted by Crippen LogP contribution is -2.57. The van der Waals surface area contributed by atoms with Crippen LogP contribution in [0.25, 0.3) is 10.9 Å². The van der Waals surface area contributed by atoms with Crippen LogP contribution in [0.1, 0.15) is 32.1 Å². The quantitative estimate of drug-likeness (QED) is 0.803. The summed E-state index contributed by atoms with van der Waals surface area (Å²) in [6, 6.07) is 10.4. The van der Waals surface area contributed by atoms with E-state index in [1.54, 1.807) is 6.20 Å². The maximum Gasteiger partial charge on any atom is 0.264 e. The molecule has 0 spiro atoms. The first kappa shape index (κ1) is 19.2. The van der Waals surface area contributed by atoms with E-state index in [-0.39, 0.29) is 5.91 Å². The fraction of sp³-hybridized carbons (Fsp3) is 0.545. The number of nitrogens with one attached hydrogen (secondary N) is 2. The normalized spacial score (nSPS) is 22.2. The van der Waals surface area contributed by atoms with Crippen molar-refractivity contribution >= 4 is 16.8 Å². The molecule has 0 radical (unpaired) electrons. The molecule has 1 unspecified atom stereocenters. The van der Waals surface area contributed by atoms with Gasteiger partial charge in [0, 0.05) is 37.0 Å². The minimum atomic E-state index is -0.803. The summed E-state index contributed by atoms with van der Waals surface area (Å²) < 4.78 is 6.37. The highest BCUT2D eigenvalue weighted by atomic mass is 16.5. The number of nitrogens with zero attached hydrogens (tertiary/aromatic N) is 2. The first-order valence-electron chi connectivity index (χ1n) is 10.4. The third-order valence-electron chi connectivity index (χ3n) is 6.15. The van der Waals surface area contributed by atoms with Crippen molar-refractivity contribution in [2.75, 3.05) is 33.2 Å². The van der Waals surface area contributed by atoms with Crippen molar-refractivity contribution in [3.05, 3.63) is 36.5 Å². The molecule has 0 bridgehead atoms. The molecule has 2 aromatic rings. The van der Waals surface area contributed by atoms with E-state index in [1.807, 2.05) is 30.3 Å². The second-order valence-electron chi connectivity index (χ2n) is 8.03. The molecular weight excluding hydrogens is 352 g/mol. The van der Waals surface area contributed by atoms with E-state index in [9.17, 15) is 4.79 Å². The topological polar surface area (TPSA) is 66.5 Å². The van der Waals surface area contributed by atoms with E-state index in [4.69, 9.17) is 4.74 Å². The van der Waals surface area contributed by atoms with Gasteiger partial charge in [-0.2, -0.15) is 0 Å². The number of rotatable bonds is 6. The van der Waals surface area contributed by atoms with Crippen molar-refractivity contribution in [1.29, 1.82) is 0 Å². The van der Waals surface area contributed by atoms with Gasteiger partial charge >= 0.3 is 0 Å². The lowest BCUT2D eigenvalue weighted by Gasteiger charge is -2.36. The summed E-state index contributed by atoms with van der Waals surface area (Å²) in [6.07, 6.45) is 6.61. The van der Waals surface area contributed by atoms with Crippen LogP contribution >= 0.6 is 0 Å². The van der Waals surface area contributed by atoms with E-state index in [2.05, 4.69) is 27.6 Å². The van der Waals surface area contributed by atoms with E-state index in [0.717, 1.165) is 42.7 Å². The summed E-state index contributed by atoms with van der Waals surface area (Å²) in [5.41, 5.74) is 0.127. The summed E-state index contributed by atoms with van der Waals surface area (Å²) in [5, 5.41) is 7.53. The van der Waals surface area contributed by atoms with Crippen LogP contribution in [0.15, 0.2) is 36.5 Å². The van der Waals surface area contributed by atoms with Gasteiger partial charge < -0.3 is 20.3 Å². The fourth-order valence-electron chi connectivity index (χ4n) is 4.41. The molecule has 0 aliphatic carbocycles. The Bertz CT molecular complexity index is 819. The molecule has 0 saturated carbocycles. The first-order chi connectivity index (χ1) is 13.7. The van der Waals surface area contributed by atoms with Crippen molar-refractivity contribution in [3.63, 3.8) is 0 Å². The molecule has 150 valence electrons. The van der Waals surface area contributed by atoms with Gasteiger partial charge in [-0.05, 0) is 70.2 Å². The Balaban J connectivity index is 1.44. The van der Waals surface area contributed by atoms with Gasteiger partial charge in [0.2, 0.25) is 0 Å². The second kappa shape index (κ2) is 8.45. The molecule has 2 aliphatic heterocycles. The Kier molecular flexibility index (Phi) is 5.78. The van der Waals surface area contributed by atoms with E-state index < -0.39 is 5.60 Å². The van der Waals surface area contributed by atoms with E-state index in [1.165, 1.54) is 12.8 Å². The maximum absolute atomic E-state index is 13.2. The molecule has 3 heterocycles. The number of fused-ring (bicyclic) bond motifs is 1. The molecule has 6 heteroatoms. The zero-order valence-corrected chi connectivity index (χ0v) is 16.6. The highest BCUT2D eigenvalue weighted by Gasteiger charge is 2.42. The molecule has 2 saturated heterocycles. The Morgan fingerprint density at radius 1 is 1.36 bits per heavy atom. The molecule has 2 N–H and O–H groups in total. The van der Waals surface area contributed by atoms with Crippen LogP contribution in [0.5, 0.6) is 5.75 Å². The second-order valence-corrected chi connectivity index (χ2v) is 8.03. The van der Waals surface area contributed by atoms with Crippen LogP contribution in [-0.2, 0) is 4.79 Å². The van der Waals surface area contributed by atoms with Crippen molar-refractivity contribution in [2.24, 2.45) is 0 Å². The Hall–Kier alpha value is -2.18.